The summed E-state index contributed by atoms with van der Waals surface area (Å²) in [7, 11) is -4.11. The minimum absolute atomic E-state index is 0.0946. The number of nitrogens with two attached hydrogens (primary N) is 1. The van der Waals surface area contributed by atoms with Gasteiger partial charge in [0.25, 0.3) is 0 Å². The van der Waals surface area contributed by atoms with Crippen LogP contribution in [0.4, 0.5) is 13.2 Å². The van der Waals surface area contributed by atoms with Gasteiger partial charge in [0.1, 0.15) is 10.6 Å². The molecule has 0 fully saturated rings. The maximum atomic E-state index is 12.2. The second kappa shape index (κ2) is 5.76. The average Bonchev–Trinajstić information content (AvgIpc) is 2.25. The minimum atomic E-state index is -4.97. The molecule has 0 radical (unpaired) electrons. The lowest BCUT2D eigenvalue weighted by atomic mass is 10.3. The Bertz CT molecular complexity index is 529. The second-order valence-corrected chi connectivity index (χ2v) is 5.56. The first kappa shape index (κ1) is 15.7. The molecule has 1 unspecified atom stereocenters. The Morgan fingerprint density at radius 1 is 1.37 bits per heavy atom. The molecular weight excluding hydrogens is 285 g/mol. The fraction of sp³-hybridized carbons (Fsp3) is 0.400. The standard InChI is InChI=1S/C10H13F3N2O3S/c1-7(14)6-15-19(16,17)9-5-3-2-4-8(9)18-10(11,12)13/h2-5,7,15H,6,14H2,1H3. The molecular formula is C10H13F3N2O3S. The van der Waals surface area contributed by atoms with Gasteiger partial charge in [0.2, 0.25) is 10.0 Å². The molecule has 108 valence electrons. The Morgan fingerprint density at radius 2 is 1.95 bits per heavy atom. The first-order chi connectivity index (χ1) is 8.62. The zero-order valence-corrected chi connectivity index (χ0v) is 10.8. The van der Waals surface area contributed by atoms with E-state index in [-0.39, 0.29) is 6.54 Å². The first-order valence-corrected chi connectivity index (χ1v) is 6.70. The summed E-state index contributed by atoms with van der Waals surface area (Å²) in [5.74, 6) is -0.785. The molecule has 0 amide bonds. The number of para-hydroxylation sites is 1. The number of rotatable bonds is 5. The number of alkyl halides is 3. The molecule has 5 nitrogen and oxygen atoms in total. The van der Waals surface area contributed by atoms with Crippen molar-refractivity contribution in [2.75, 3.05) is 6.54 Å². The van der Waals surface area contributed by atoms with Crippen LogP contribution in [0.25, 0.3) is 0 Å². The van der Waals surface area contributed by atoms with Gasteiger partial charge in [0.05, 0.1) is 0 Å². The third-order valence-corrected chi connectivity index (χ3v) is 3.42. The van der Waals surface area contributed by atoms with Gasteiger partial charge in [-0.1, -0.05) is 12.1 Å². The zero-order valence-electron chi connectivity index (χ0n) is 9.94. The summed E-state index contributed by atoms with van der Waals surface area (Å²) >= 11 is 0. The van der Waals surface area contributed by atoms with Crippen LogP contribution in [-0.4, -0.2) is 27.4 Å². The van der Waals surface area contributed by atoms with Gasteiger partial charge in [0, 0.05) is 12.6 Å². The number of hydrogen-bond acceptors (Lipinski definition) is 4. The Morgan fingerprint density at radius 3 is 2.47 bits per heavy atom. The summed E-state index contributed by atoms with van der Waals surface area (Å²) < 4.78 is 65.9. The molecule has 1 aromatic rings. The van der Waals surface area contributed by atoms with E-state index in [1.54, 1.807) is 6.92 Å². The molecule has 0 aliphatic carbocycles. The summed E-state index contributed by atoms with van der Waals surface area (Å²) in [6.07, 6.45) is -4.97. The Labute approximate surface area is 108 Å². The molecule has 0 saturated carbocycles. The van der Waals surface area contributed by atoms with Crippen LogP contribution in [0.3, 0.4) is 0 Å². The number of ether oxygens (including phenoxy) is 1. The van der Waals surface area contributed by atoms with Gasteiger partial charge >= 0.3 is 6.36 Å². The fourth-order valence-electron chi connectivity index (χ4n) is 1.20. The predicted octanol–water partition coefficient (Wildman–Crippen LogP) is 1.21. The van der Waals surface area contributed by atoms with Crippen LogP contribution in [0, 0.1) is 0 Å². The SMILES string of the molecule is CC(N)CNS(=O)(=O)c1ccccc1OC(F)(F)F. The molecule has 0 aliphatic rings. The predicted molar refractivity (Wildman–Crippen MR) is 62.0 cm³/mol. The van der Waals surface area contributed by atoms with Gasteiger partial charge in [-0.2, -0.15) is 0 Å². The minimum Gasteiger partial charge on any atom is -0.404 e. The molecule has 0 spiro atoms. The Balaban J connectivity index is 3.06. The highest BCUT2D eigenvalue weighted by atomic mass is 32.2. The van der Waals surface area contributed by atoms with E-state index in [0.717, 1.165) is 12.1 Å². The maximum absolute atomic E-state index is 12.2. The average molecular weight is 298 g/mol. The van der Waals surface area contributed by atoms with E-state index in [4.69, 9.17) is 5.73 Å². The van der Waals surface area contributed by atoms with Gasteiger partial charge in [0.15, 0.2) is 0 Å². The summed E-state index contributed by atoms with van der Waals surface area (Å²) in [6.45, 7) is 1.46. The third-order valence-electron chi connectivity index (χ3n) is 1.96. The van der Waals surface area contributed by atoms with Crippen molar-refractivity contribution < 1.29 is 26.3 Å². The normalized spacial score (nSPS) is 14.2. The molecule has 9 heteroatoms. The number of halogens is 3. The van der Waals surface area contributed by atoms with Crippen LogP contribution in [0.15, 0.2) is 29.2 Å². The van der Waals surface area contributed by atoms with Crippen molar-refractivity contribution in [3.63, 3.8) is 0 Å². The number of benzene rings is 1. The lowest BCUT2D eigenvalue weighted by Crippen LogP contribution is -2.35. The second-order valence-electron chi connectivity index (χ2n) is 3.82. The van der Waals surface area contributed by atoms with Crippen molar-refractivity contribution in [3.8, 4) is 5.75 Å². The molecule has 1 rings (SSSR count). The molecule has 1 aromatic carbocycles. The van der Waals surface area contributed by atoms with Gasteiger partial charge in [-0.3, -0.25) is 0 Å². The van der Waals surface area contributed by atoms with Crippen LogP contribution < -0.4 is 15.2 Å². The topological polar surface area (TPSA) is 81.4 Å². The van der Waals surface area contributed by atoms with Crippen LogP contribution in [0.2, 0.25) is 0 Å². The van der Waals surface area contributed by atoms with E-state index >= 15 is 0 Å². The number of hydrogen-bond donors (Lipinski definition) is 2. The quantitative estimate of drug-likeness (QED) is 0.856. The van der Waals surface area contributed by atoms with Crippen LogP contribution in [-0.2, 0) is 10.0 Å². The van der Waals surface area contributed by atoms with Gasteiger partial charge in [-0.25, -0.2) is 13.1 Å². The summed E-state index contributed by atoms with van der Waals surface area (Å²) in [5, 5.41) is 0. The molecule has 0 bridgehead atoms. The smallest absolute Gasteiger partial charge is 0.404 e. The first-order valence-electron chi connectivity index (χ1n) is 5.22. The van der Waals surface area contributed by atoms with Crippen LogP contribution in [0.5, 0.6) is 5.75 Å². The van der Waals surface area contributed by atoms with E-state index in [9.17, 15) is 21.6 Å². The highest BCUT2D eigenvalue weighted by molar-refractivity contribution is 7.89. The molecule has 0 saturated heterocycles. The lowest BCUT2D eigenvalue weighted by molar-refractivity contribution is -0.275. The van der Waals surface area contributed by atoms with Gasteiger partial charge < -0.3 is 10.5 Å². The number of sulfonamides is 1. The molecule has 1 atom stereocenters. The van der Waals surface area contributed by atoms with Crippen molar-refractivity contribution in [2.24, 2.45) is 5.73 Å². The highest BCUT2D eigenvalue weighted by Crippen LogP contribution is 2.29. The van der Waals surface area contributed by atoms with E-state index in [2.05, 4.69) is 9.46 Å². The van der Waals surface area contributed by atoms with Crippen molar-refractivity contribution in [2.45, 2.75) is 24.2 Å². The largest absolute Gasteiger partial charge is 0.573 e. The summed E-state index contributed by atoms with van der Waals surface area (Å²) in [5.41, 5.74) is 5.38. The van der Waals surface area contributed by atoms with Crippen molar-refractivity contribution >= 4 is 10.0 Å². The molecule has 0 heterocycles. The zero-order chi connectivity index (χ0) is 14.7. The summed E-state index contributed by atoms with van der Waals surface area (Å²) in [6, 6.07) is 4.01. The van der Waals surface area contributed by atoms with E-state index in [1.165, 1.54) is 12.1 Å². The van der Waals surface area contributed by atoms with E-state index in [0.29, 0.717) is 0 Å². The van der Waals surface area contributed by atoms with Crippen LogP contribution >= 0.6 is 0 Å². The van der Waals surface area contributed by atoms with Gasteiger partial charge in [-0.05, 0) is 19.1 Å². The van der Waals surface area contributed by atoms with Crippen molar-refractivity contribution in [1.82, 2.24) is 4.72 Å². The van der Waals surface area contributed by atoms with Gasteiger partial charge in [-0.15, -0.1) is 13.2 Å². The van der Waals surface area contributed by atoms with E-state index in [1.807, 2.05) is 0 Å². The maximum Gasteiger partial charge on any atom is 0.573 e. The fourth-order valence-corrected chi connectivity index (χ4v) is 2.47. The Hall–Kier alpha value is -1.32. The molecule has 0 aliphatic heterocycles. The molecule has 19 heavy (non-hydrogen) atoms. The van der Waals surface area contributed by atoms with Crippen LogP contribution in [0.1, 0.15) is 6.92 Å². The lowest BCUT2D eigenvalue weighted by Gasteiger charge is -2.14. The van der Waals surface area contributed by atoms with Crippen molar-refractivity contribution in [1.29, 1.82) is 0 Å². The van der Waals surface area contributed by atoms with E-state index < -0.39 is 33.1 Å². The molecule has 0 aromatic heterocycles. The monoisotopic (exact) mass is 298 g/mol. The summed E-state index contributed by atoms with van der Waals surface area (Å²) in [4.78, 5) is -0.590. The van der Waals surface area contributed by atoms with Crippen molar-refractivity contribution in [3.05, 3.63) is 24.3 Å². The number of nitrogens with one attached hydrogen (secondary N) is 1. The Kier molecular flexibility index (Phi) is 4.77. The highest BCUT2D eigenvalue weighted by Gasteiger charge is 2.33. The third kappa shape index (κ3) is 5.05. The molecule has 3 N–H and O–H groups in total.